The van der Waals surface area contributed by atoms with E-state index in [1.807, 2.05) is 30.5 Å². The zero-order valence-electron chi connectivity index (χ0n) is 17.2. The molecule has 2 aromatic heterocycles. The Bertz CT molecular complexity index is 1460. The second kappa shape index (κ2) is 8.19. The van der Waals surface area contributed by atoms with E-state index in [0.717, 1.165) is 27.8 Å². The van der Waals surface area contributed by atoms with Crippen LogP contribution in [0.5, 0.6) is 0 Å². The highest BCUT2D eigenvalue weighted by Gasteiger charge is 2.30. The first kappa shape index (κ1) is 20.9. The number of amides is 1. The Morgan fingerprint density at radius 1 is 1.03 bits per heavy atom. The lowest BCUT2D eigenvalue weighted by molar-refractivity contribution is -0.132. The summed E-state index contributed by atoms with van der Waals surface area (Å²) >= 11 is 0.989. The van der Waals surface area contributed by atoms with Gasteiger partial charge in [-0.05, 0) is 36.2 Å². The molecule has 166 valence electrons. The van der Waals surface area contributed by atoms with Crippen molar-refractivity contribution in [2.75, 3.05) is 26.2 Å². The fourth-order valence-corrected chi connectivity index (χ4v) is 6.45. The number of piperazine rings is 1. The molecule has 1 saturated heterocycles. The van der Waals surface area contributed by atoms with Crippen LogP contribution in [-0.2, 0) is 21.2 Å². The van der Waals surface area contributed by atoms with E-state index in [1.165, 1.54) is 16.4 Å². The third kappa shape index (κ3) is 3.85. The number of aryl methyl sites for hydroxylation is 1. The first-order valence-electron chi connectivity index (χ1n) is 10.4. The molecule has 2 aromatic carbocycles. The molecule has 1 aliphatic rings. The van der Waals surface area contributed by atoms with Crippen molar-refractivity contribution >= 4 is 48.4 Å². The van der Waals surface area contributed by atoms with Crippen LogP contribution < -0.4 is 4.87 Å². The lowest BCUT2D eigenvalue weighted by atomic mass is 10.1. The zero-order chi connectivity index (χ0) is 22.3. The van der Waals surface area contributed by atoms with Gasteiger partial charge in [0.1, 0.15) is 0 Å². The molecule has 0 radical (unpaired) electrons. The van der Waals surface area contributed by atoms with Crippen LogP contribution in [0.3, 0.4) is 0 Å². The van der Waals surface area contributed by atoms with Crippen LogP contribution in [0.15, 0.2) is 58.4 Å². The maximum Gasteiger partial charge on any atom is 0.305 e. The summed E-state index contributed by atoms with van der Waals surface area (Å²) in [5.41, 5.74) is 2.79. The molecule has 3 heterocycles. The van der Waals surface area contributed by atoms with E-state index >= 15 is 0 Å². The van der Waals surface area contributed by atoms with Crippen molar-refractivity contribution in [2.45, 2.75) is 17.7 Å². The van der Waals surface area contributed by atoms with Crippen molar-refractivity contribution in [3.8, 4) is 0 Å². The maximum absolute atomic E-state index is 13.1. The molecule has 5 rings (SSSR count). The number of nitrogens with one attached hydrogen (secondary N) is 2. The number of para-hydroxylation sites is 1. The number of thiazole rings is 1. The number of benzene rings is 2. The molecule has 0 atom stereocenters. The monoisotopic (exact) mass is 470 g/mol. The number of nitrogens with zero attached hydrogens (tertiary/aromatic N) is 2. The molecule has 4 aromatic rings. The summed E-state index contributed by atoms with van der Waals surface area (Å²) in [5, 5.41) is 1.13. The van der Waals surface area contributed by atoms with Crippen LogP contribution in [-0.4, -0.2) is 59.7 Å². The van der Waals surface area contributed by atoms with Gasteiger partial charge in [0.2, 0.25) is 15.9 Å². The van der Waals surface area contributed by atoms with Crippen LogP contribution in [0.25, 0.3) is 21.1 Å². The highest BCUT2D eigenvalue weighted by molar-refractivity contribution is 7.89. The molecule has 32 heavy (non-hydrogen) atoms. The van der Waals surface area contributed by atoms with Gasteiger partial charge in [0.05, 0.1) is 15.1 Å². The molecule has 0 unspecified atom stereocenters. The second-order valence-electron chi connectivity index (χ2n) is 7.82. The van der Waals surface area contributed by atoms with Crippen molar-refractivity contribution in [1.29, 1.82) is 0 Å². The van der Waals surface area contributed by atoms with Gasteiger partial charge in [0, 0.05) is 49.7 Å². The number of aromatic amines is 2. The topological polar surface area (TPSA) is 106 Å². The van der Waals surface area contributed by atoms with E-state index in [0.29, 0.717) is 36.1 Å². The van der Waals surface area contributed by atoms with E-state index < -0.39 is 10.0 Å². The zero-order valence-corrected chi connectivity index (χ0v) is 18.8. The first-order valence-corrected chi connectivity index (χ1v) is 12.6. The number of fused-ring (bicyclic) bond motifs is 2. The first-order chi connectivity index (χ1) is 15.4. The summed E-state index contributed by atoms with van der Waals surface area (Å²) in [6.45, 7) is 1.24. The molecular formula is C22H22N4O4S2. The molecule has 1 fully saturated rings. The van der Waals surface area contributed by atoms with Gasteiger partial charge in [0.15, 0.2) is 0 Å². The molecule has 2 N–H and O–H groups in total. The summed E-state index contributed by atoms with van der Waals surface area (Å²) in [5.74, 6) is 0.0332. The van der Waals surface area contributed by atoms with Gasteiger partial charge in [-0.3, -0.25) is 9.59 Å². The quantitative estimate of drug-likeness (QED) is 0.467. The van der Waals surface area contributed by atoms with Crippen LogP contribution in [0.2, 0.25) is 0 Å². The smallest absolute Gasteiger partial charge is 0.305 e. The number of H-pyrrole nitrogens is 2. The van der Waals surface area contributed by atoms with E-state index in [2.05, 4.69) is 9.97 Å². The van der Waals surface area contributed by atoms with Crippen LogP contribution >= 0.6 is 11.3 Å². The molecule has 0 bridgehead atoms. The van der Waals surface area contributed by atoms with E-state index in [1.54, 1.807) is 11.0 Å². The second-order valence-corrected chi connectivity index (χ2v) is 10.8. The third-order valence-corrected chi connectivity index (χ3v) is 8.64. The van der Waals surface area contributed by atoms with E-state index in [9.17, 15) is 18.0 Å². The van der Waals surface area contributed by atoms with Gasteiger partial charge in [0.25, 0.3) is 0 Å². The van der Waals surface area contributed by atoms with Crippen molar-refractivity contribution < 1.29 is 13.2 Å². The lowest BCUT2D eigenvalue weighted by Crippen LogP contribution is -2.50. The normalized spacial score (nSPS) is 15.6. The molecule has 10 heteroatoms. The average Bonchev–Trinajstić information content (AvgIpc) is 3.39. The Balaban J connectivity index is 1.21. The van der Waals surface area contributed by atoms with Gasteiger partial charge in [-0.15, -0.1) is 0 Å². The summed E-state index contributed by atoms with van der Waals surface area (Å²) in [4.78, 5) is 31.8. The predicted octanol–water partition coefficient (Wildman–Crippen LogP) is 2.54. The van der Waals surface area contributed by atoms with E-state index in [4.69, 9.17) is 0 Å². The Kier molecular flexibility index (Phi) is 5.36. The summed E-state index contributed by atoms with van der Waals surface area (Å²) in [7, 11) is -3.68. The Morgan fingerprint density at radius 3 is 2.62 bits per heavy atom. The standard InChI is InChI=1S/C22H22N4O4S2/c27-21(8-5-15-14-23-18-4-2-1-3-17(15)18)25-9-11-26(12-10-25)32(29,30)16-6-7-19-20(13-16)31-22(28)24-19/h1-4,6-7,13-14,23H,5,8-12H2,(H,24,28). The van der Waals surface area contributed by atoms with Gasteiger partial charge in [-0.25, -0.2) is 8.42 Å². The lowest BCUT2D eigenvalue weighted by Gasteiger charge is -2.34. The number of rotatable bonds is 5. The van der Waals surface area contributed by atoms with Gasteiger partial charge in [-0.2, -0.15) is 4.31 Å². The minimum atomic E-state index is -3.68. The Labute approximate surface area is 188 Å². The largest absolute Gasteiger partial charge is 0.361 e. The minimum absolute atomic E-state index is 0.0332. The van der Waals surface area contributed by atoms with Crippen LogP contribution in [0.1, 0.15) is 12.0 Å². The third-order valence-electron chi connectivity index (χ3n) is 5.90. The fraction of sp³-hybridized carbons (Fsp3) is 0.273. The fourth-order valence-electron chi connectivity index (χ4n) is 4.15. The highest BCUT2D eigenvalue weighted by atomic mass is 32.2. The number of sulfonamides is 1. The Hall–Kier alpha value is -2.95. The van der Waals surface area contributed by atoms with Crippen molar-refractivity contribution in [3.63, 3.8) is 0 Å². The van der Waals surface area contributed by atoms with Crippen LogP contribution in [0, 0.1) is 0 Å². The SMILES string of the molecule is O=C(CCc1c[nH]c2ccccc12)N1CCN(S(=O)(=O)c2ccc3[nH]c(=O)sc3c2)CC1. The van der Waals surface area contributed by atoms with Crippen molar-refractivity contribution in [3.05, 3.63) is 63.9 Å². The number of hydrogen-bond donors (Lipinski definition) is 2. The van der Waals surface area contributed by atoms with Crippen molar-refractivity contribution in [1.82, 2.24) is 19.2 Å². The highest BCUT2D eigenvalue weighted by Crippen LogP contribution is 2.24. The molecule has 0 spiro atoms. The predicted molar refractivity (Wildman–Crippen MR) is 124 cm³/mol. The van der Waals surface area contributed by atoms with E-state index in [-0.39, 0.29) is 28.8 Å². The molecule has 1 amide bonds. The molecule has 1 aliphatic heterocycles. The number of carbonyl (C=O) groups excluding carboxylic acids is 1. The van der Waals surface area contributed by atoms with Gasteiger partial charge < -0.3 is 14.9 Å². The molecular weight excluding hydrogens is 448 g/mol. The minimum Gasteiger partial charge on any atom is -0.361 e. The van der Waals surface area contributed by atoms with Crippen LogP contribution in [0.4, 0.5) is 0 Å². The maximum atomic E-state index is 13.1. The summed E-state index contributed by atoms with van der Waals surface area (Å²) in [6.07, 6.45) is 2.97. The number of aromatic nitrogens is 2. The van der Waals surface area contributed by atoms with Gasteiger partial charge in [-0.1, -0.05) is 29.5 Å². The Morgan fingerprint density at radius 2 is 1.81 bits per heavy atom. The van der Waals surface area contributed by atoms with Gasteiger partial charge >= 0.3 is 4.87 Å². The summed E-state index contributed by atoms with van der Waals surface area (Å²) < 4.78 is 28.1. The number of hydrogen-bond acceptors (Lipinski definition) is 5. The number of carbonyl (C=O) groups is 1. The average molecular weight is 471 g/mol. The summed E-state index contributed by atoms with van der Waals surface area (Å²) in [6, 6.07) is 12.7. The molecule has 0 saturated carbocycles. The molecule has 8 nitrogen and oxygen atoms in total. The van der Waals surface area contributed by atoms with Crippen molar-refractivity contribution in [2.24, 2.45) is 0 Å². The molecule has 0 aliphatic carbocycles.